The zero-order chi connectivity index (χ0) is 26.8. The molecule has 8 aromatic rings. The highest BCUT2D eigenvalue weighted by Crippen LogP contribution is 2.44. The van der Waals surface area contributed by atoms with Crippen molar-refractivity contribution in [1.82, 2.24) is 0 Å². The first-order chi connectivity index (χ1) is 19.7. The van der Waals surface area contributed by atoms with E-state index in [4.69, 9.17) is 0 Å². The third-order valence-electron chi connectivity index (χ3n) is 8.60. The van der Waals surface area contributed by atoms with Crippen molar-refractivity contribution in [1.29, 1.82) is 0 Å². The Morgan fingerprint density at radius 2 is 0.950 bits per heavy atom. The highest BCUT2D eigenvalue weighted by Gasteiger charge is 2.17. The van der Waals surface area contributed by atoms with Crippen LogP contribution in [-0.4, -0.2) is 0 Å². The molecule has 0 aliphatic heterocycles. The van der Waals surface area contributed by atoms with Crippen molar-refractivity contribution in [2.45, 2.75) is 20.3 Å². The summed E-state index contributed by atoms with van der Waals surface area (Å²) in [5, 5.41) is 10.7. The molecule has 8 rings (SSSR count). The molecule has 40 heavy (non-hydrogen) atoms. The SMILES string of the molecule is CCc1c(-c2cc3c4ccccc4c4ccccc4c3cc2C)cccc1-c1cccc2c1sc1ccccc12. The van der Waals surface area contributed by atoms with Crippen LogP contribution in [0, 0.1) is 6.92 Å². The topological polar surface area (TPSA) is 0 Å². The molecule has 0 nitrogen and oxygen atoms in total. The second-order valence-corrected chi connectivity index (χ2v) is 11.8. The first kappa shape index (κ1) is 23.4. The minimum atomic E-state index is 0.975. The number of hydrogen-bond acceptors (Lipinski definition) is 1. The predicted molar refractivity (Wildman–Crippen MR) is 177 cm³/mol. The Hall–Kier alpha value is -4.46. The summed E-state index contributed by atoms with van der Waals surface area (Å²) in [6.07, 6.45) is 0.975. The Labute approximate surface area is 238 Å². The van der Waals surface area contributed by atoms with E-state index in [0.29, 0.717) is 0 Å². The zero-order valence-electron chi connectivity index (χ0n) is 22.7. The normalized spacial score (nSPS) is 11.8. The van der Waals surface area contributed by atoms with Crippen molar-refractivity contribution in [3.05, 3.63) is 132 Å². The molecule has 0 N–H and O–H groups in total. The fourth-order valence-corrected chi connectivity index (χ4v) is 8.01. The Balaban J connectivity index is 1.42. The van der Waals surface area contributed by atoms with E-state index in [9.17, 15) is 0 Å². The van der Waals surface area contributed by atoms with Gasteiger partial charge in [0.1, 0.15) is 0 Å². The van der Waals surface area contributed by atoms with Crippen LogP contribution in [-0.2, 0) is 6.42 Å². The summed E-state index contributed by atoms with van der Waals surface area (Å²) in [7, 11) is 0. The summed E-state index contributed by atoms with van der Waals surface area (Å²) in [6.45, 7) is 4.57. The highest BCUT2D eigenvalue weighted by molar-refractivity contribution is 7.26. The summed E-state index contributed by atoms with van der Waals surface area (Å²) in [5.41, 5.74) is 8.09. The fourth-order valence-electron chi connectivity index (χ4n) is 6.78. The van der Waals surface area contributed by atoms with Gasteiger partial charge in [-0.2, -0.15) is 0 Å². The molecule has 0 radical (unpaired) electrons. The Bertz CT molecular complexity index is 2260. The molecule has 0 amide bonds. The van der Waals surface area contributed by atoms with Crippen LogP contribution in [0.15, 0.2) is 121 Å². The van der Waals surface area contributed by atoms with Gasteiger partial charge in [-0.3, -0.25) is 0 Å². The van der Waals surface area contributed by atoms with Crippen molar-refractivity contribution < 1.29 is 0 Å². The maximum Gasteiger partial charge on any atom is 0.0433 e. The van der Waals surface area contributed by atoms with Crippen LogP contribution in [0.25, 0.3) is 74.7 Å². The van der Waals surface area contributed by atoms with Gasteiger partial charge in [-0.25, -0.2) is 0 Å². The van der Waals surface area contributed by atoms with Crippen molar-refractivity contribution in [2.24, 2.45) is 0 Å². The minimum Gasteiger partial charge on any atom is -0.135 e. The van der Waals surface area contributed by atoms with Crippen LogP contribution in [0.2, 0.25) is 0 Å². The second kappa shape index (κ2) is 9.05. The molecular formula is C39H28S. The van der Waals surface area contributed by atoms with Crippen molar-refractivity contribution >= 4 is 63.8 Å². The quantitative estimate of drug-likeness (QED) is 0.200. The summed E-state index contributed by atoms with van der Waals surface area (Å²) in [6, 6.07) is 45.1. The minimum absolute atomic E-state index is 0.975. The third-order valence-corrected chi connectivity index (χ3v) is 9.82. The molecule has 0 unspecified atom stereocenters. The third kappa shape index (κ3) is 3.38. The number of hydrogen-bond donors (Lipinski definition) is 0. The zero-order valence-corrected chi connectivity index (χ0v) is 23.5. The van der Waals surface area contributed by atoms with E-state index in [-0.39, 0.29) is 0 Å². The van der Waals surface area contributed by atoms with Crippen LogP contribution >= 0.6 is 11.3 Å². The lowest BCUT2D eigenvalue weighted by atomic mass is 9.86. The van der Waals surface area contributed by atoms with Crippen LogP contribution < -0.4 is 0 Å². The maximum absolute atomic E-state index is 2.46. The molecule has 0 fully saturated rings. The Morgan fingerprint density at radius 1 is 0.450 bits per heavy atom. The standard InChI is InChI=1S/C39H28S/c1-3-25-26(33-19-11-20-34-32-16-8-9-21-38(32)40-39(33)34)17-10-18-27(25)35-23-37-31-15-7-5-13-29(31)28-12-4-6-14-30(28)36(37)22-24(35)2/h4-23H,3H2,1-2H3. The number of benzene rings is 7. The van der Waals surface area contributed by atoms with Gasteiger partial charge in [0, 0.05) is 20.2 Å². The molecule has 0 aliphatic rings. The van der Waals surface area contributed by atoms with Gasteiger partial charge in [0.05, 0.1) is 0 Å². The fraction of sp³-hybridized carbons (Fsp3) is 0.0769. The van der Waals surface area contributed by atoms with Crippen molar-refractivity contribution in [2.75, 3.05) is 0 Å². The smallest absolute Gasteiger partial charge is 0.0433 e. The molecule has 0 aliphatic carbocycles. The molecule has 0 spiro atoms. The van der Waals surface area contributed by atoms with Gasteiger partial charge in [-0.15, -0.1) is 11.3 Å². The molecule has 0 saturated heterocycles. The van der Waals surface area contributed by atoms with Gasteiger partial charge in [0.2, 0.25) is 0 Å². The van der Waals surface area contributed by atoms with E-state index in [1.165, 1.54) is 85.9 Å². The highest BCUT2D eigenvalue weighted by atomic mass is 32.1. The molecule has 0 atom stereocenters. The number of rotatable bonds is 3. The molecule has 7 aromatic carbocycles. The summed E-state index contributed by atoms with van der Waals surface area (Å²) in [5.74, 6) is 0. The van der Waals surface area contributed by atoms with Crippen LogP contribution in [0.3, 0.4) is 0 Å². The van der Waals surface area contributed by atoms with Gasteiger partial charge in [-0.1, -0.05) is 116 Å². The first-order valence-electron chi connectivity index (χ1n) is 14.1. The van der Waals surface area contributed by atoms with Crippen LogP contribution in [0.5, 0.6) is 0 Å². The van der Waals surface area contributed by atoms with Gasteiger partial charge < -0.3 is 0 Å². The van der Waals surface area contributed by atoms with E-state index < -0.39 is 0 Å². The first-order valence-corrected chi connectivity index (χ1v) is 14.9. The molecule has 1 heterocycles. The number of thiophene rings is 1. The molecule has 1 heteroatoms. The van der Waals surface area contributed by atoms with Crippen molar-refractivity contribution in [3.63, 3.8) is 0 Å². The van der Waals surface area contributed by atoms with Crippen LogP contribution in [0.4, 0.5) is 0 Å². The average Bonchev–Trinajstić information content (AvgIpc) is 3.40. The number of aryl methyl sites for hydroxylation is 1. The van der Waals surface area contributed by atoms with Crippen molar-refractivity contribution in [3.8, 4) is 22.3 Å². The van der Waals surface area contributed by atoms with E-state index >= 15 is 0 Å². The Morgan fingerprint density at radius 3 is 1.62 bits per heavy atom. The molecule has 0 bridgehead atoms. The van der Waals surface area contributed by atoms with E-state index in [1.54, 1.807) is 0 Å². The van der Waals surface area contributed by atoms with Crippen LogP contribution in [0.1, 0.15) is 18.1 Å². The average molecular weight is 529 g/mol. The summed E-state index contributed by atoms with van der Waals surface area (Å²) >= 11 is 1.91. The second-order valence-electron chi connectivity index (χ2n) is 10.8. The van der Waals surface area contributed by atoms with Gasteiger partial charge in [0.15, 0.2) is 0 Å². The summed E-state index contributed by atoms with van der Waals surface area (Å²) in [4.78, 5) is 0. The van der Waals surface area contributed by atoms with Gasteiger partial charge in [-0.05, 0) is 91.2 Å². The van der Waals surface area contributed by atoms with E-state index in [0.717, 1.165) is 6.42 Å². The number of fused-ring (bicyclic) bond motifs is 9. The van der Waals surface area contributed by atoms with Gasteiger partial charge in [0.25, 0.3) is 0 Å². The molecule has 1 aromatic heterocycles. The predicted octanol–water partition coefficient (Wildman–Crippen LogP) is 11.7. The summed E-state index contributed by atoms with van der Waals surface area (Å²) < 4.78 is 2.73. The van der Waals surface area contributed by atoms with Gasteiger partial charge >= 0.3 is 0 Å². The lowest BCUT2D eigenvalue weighted by Gasteiger charge is -2.18. The largest absolute Gasteiger partial charge is 0.135 e. The monoisotopic (exact) mass is 528 g/mol. The molecular weight excluding hydrogens is 500 g/mol. The lowest BCUT2D eigenvalue weighted by molar-refractivity contribution is 1.14. The molecule has 190 valence electrons. The maximum atomic E-state index is 2.46. The molecule has 0 saturated carbocycles. The van der Waals surface area contributed by atoms with E-state index in [2.05, 4.69) is 135 Å². The van der Waals surface area contributed by atoms with E-state index in [1.807, 2.05) is 11.3 Å². The Kier molecular flexibility index (Phi) is 5.30. The lowest BCUT2D eigenvalue weighted by Crippen LogP contribution is -1.95.